The molecular formula is C14H18FN3. The third kappa shape index (κ3) is 2.29. The van der Waals surface area contributed by atoms with Gasteiger partial charge in [-0.25, -0.2) is 4.39 Å². The van der Waals surface area contributed by atoms with Crippen molar-refractivity contribution in [3.63, 3.8) is 0 Å². The highest BCUT2D eigenvalue weighted by molar-refractivity contribution is 5.32. The maximum Gasteiger partial charge on any atom is 0.128 e. The smallest absolute Gasteiger partial charge is 0.128 e. The summed E-state index contributed by atoms with van der Waals surface area (Å²) in [6.45, 7) is 3.96. The Kier molecular flexibility index (Phi) is 3.48. The first-order chi connectivity index (χ1) is 8.52. The Labute approximate surface area is 106 Å². The lowest BCUT2D eigenvalue weighted by molar-refractivity contribution is 0.585. The van der Waals surface area contributed by atoms with Crippen LogP contribution in [0.5, 0.6) is 0 Å². The van der Waals surface area contributed by atoms with Crippen molar-refractivity contribution in [2.75, 3.05) is 0 Å². The minimum atomic E-state index is -0.484. The molecule has 0 aliphatic rings. The molecule has 1 unspecified atom stereocenters. The fourth-order valence-corrected chi connectivity index (χ4v) is 2.07. The third-order valence-corrected chi connectivity index (χ3v) is 3.13. The van der Waals surface area contributed by atoms with Gasteiger partial charge in [0.05, 0.1) is 17.4 Å². The fraction of sp³-hybridized carbons (Fsp3) is 0.357. The first-order valence-corrected chi connectivity index (χ1v) is 6.07. The molecule has 2 rings (SSSR count). The van der Waals surface area contributed by atoms with Crippen LogP contribution >= 0.6 is 0 Å². The van der Waals surface area contributed by atoms with Crippen LogP contribution in [0.1, 0.15) is 35.5 Å². The van der Waals surface area contributed by atoms with Crippen molar-refractivity contribution in [2.24, 2.45) is 12.8 Å². The van der Waals surface area contributed by atoms with Gasteiger partial charge >= 0.3 is 0 Å². The maximum atomic E-state index is 13.8. The number of aromatic nitrogens is 2. The number of benzene rings is 1. The van der Waals surface area contributed by atoms with E-state index in [1.807, 2.05) is 27.0 Å². The Bertz CT molecular complexity index is 560. The van der Waals surface area contributed by atoms with Gasteiger partial charge in [-0.05, 0) is 25.5 Å². The van der Waals surface area contributed by atoms with E-state index in [-0.39, 0.29) is 5.82 Å². The molecule has 2 N–H and O–H groups in total. The van der Waals surface area contributed by atoms with Crippen LogP contribution in [0.15, 0.2) is 24.3 Å². The van der Waals surface area contributed by atoms with Gasteiger partial charge in [0.2, 0.25) is 0 Å². The SMILES string of the molecule is CCc1cc(C(N)c2cc(C)ccc2F)n(C)n1. The summed E-state index contributed by atoms with van der Waals surface area (Å²) in [6, 6.07) is 6.45. The minimum Gasteiger partial charge on any atom is -0.319 e. The molecular weight excluding hydrogens is 229 g/mol. The second kappa shape index (κ2) is 4.90. The fourth-order valence-electron chi connectivity index (χ4n) is 2.07. The van der Waals surface area contributed by atoms with Crippen LogP contribution in [0.4, 0.5) is 4.39 Å². The number of aryl methyl sites for hydroxylation is 3. The number of hydrogen-bond acceptors (Lipinski definition) is 2. The number of nitrogens with two attached hydrogens (primary N) is 1. The van der Waals surface area contributed by atoms with E-state index in [4.69, 9.17) is 5.73 Å². The van der Waals surface area contributed by atoms with Crippen LogP contribution in [-0.4, -0.2) is 9.78 Å². The molecule has 2 aromatic rings. The Morgan fingerprint density at radius 1 is 1.39 bits per heavy atom. The molecule has 18 heavy (non-hydrogen) atoms. The van der Waals surface area contributed by atoms with Crippen molar-refractivity contribution in [2.45, 2.75) is 26.3 Å². The second-order valence-corrected chi connectivity index (χ2v) is 4.54. The number of rotatable bonds is 3. The predicted molar refractivity (Wildman–Crippen MR) is 69.8 cm³/mol. The molecule has 3 nitrogen and oxygen atoms in total. The monoisotopic (exact) mass is 247 g/mol. The normalized spacial score (nSPS) is 12.7. The molecule has 96 valence electrons. The van der Waals surface area contributed by atoms with E-state index in [0.717, 1.165) is 23.4 Å². The average Bonchev–Trinajstić information content (AvgIpc) is 2.73. The van der Waals surface area contributed by atoms with Gasteiger partial charge in [0.1, 0.15) is 5.82 Å². The van der Waals surface area contributed by atoms with Gasteiger partial charge in [0, 0.05) is 12.6 Å². The van der Waals surface area contributed by atoms with Crippen LogP contribution < -0.4 is 5.73 Å². The van der Waals surface area contributed by atoms with Crippen molar-refractivity contribution in [1.29, 1.82) is 0 Å². The summed E-state index contributed by atoms with van der Waals surface area (Å²) in [5.41, 5.74) is 9.47. The van der Waals surface area contributed by atoms with E-state index in [1.54, 1.807) is 16.8 Å². The lowest BCUT2D eigenvalue weighted by Gasteiger charge is -2.14. The summed E-state index contributed by atoms with van der Waals surface area (Å²) in [5, 5.41) is 4.34. The number of hydrogen-bond donors (Lipinski definition) is 1. The topological polar surface area (TPSA) is 43.8 Å². The average molecular weight is 247 g/mol. The Balaban J connectivity index is 2.43. The zero-order valence-corrected chi connectivity index (χ0v) is 10.9. The van der Waals surface area contributed by atoms with Crippen LogP contribution in [-0.2, 0) is 13.5 Å². The van der Waals surface area contributed by atoms with E-state index in [2.05, 4.69) is 5.10 Å². The van der Waals surface area contributed by atoms with Crippen molar-refractivity contribution in [3.8, 4) is 0 Å². The molecule has 1 heterocycles. The van der Waals surface area contributed by atoms with E-state index < -0.39 is 6.04 Å². The van der Waals surface area contributed by atoms with E-state index in [0.29, 0.717) is 5.56 Å². The lowest BCUT2D eigenvalue weighted by atomic mass is 10.0. The molecule has 0 aliphatic carbocycles. The first-order valence-electron chi connectivity index (χ1n) is 6.07. The molecule has 1 atom stereocenters. The molecule has 0 radical (unpaired) electrons. The van der Waals surface area contributed by atoms with Gasteiger partial charge in [-0.1, -0.05) is 24.6 Å². The largest absolute Gasteiger partial charge is 0.319 e. The Hall–Kier alpha value is -1.68. The van der Waals surface area contributed by atoms with Crippen molar-refractivity contribution >= 4 is 0 Å². The molecule has 0 fully saturated rings. The highest BCUT2D eigenvalue weighted by Gasteiger charge is 2.17. The summed E-state index contributed by atoms with van der Waals surface area (Å²) in [6.07, 6.45) is 0.844. The first kappa shape index (κ1) is 12.8. The van der Waals surface area contributed by atoms with E-state index in [1.165, 1.54) is 6.07 Å². The van der Waals surface area contributed by atoms with Crippen LogP contribution in [0.2, 0.25) is 0 Å². The van der Waals surface area contributed by atoms with Gasteiger partial charge in [-0.2, -0.15) is 5.10 Å². The van der Waals surface area contributed by atoms with E-state index >= 15 is 0 Å². The highest BCUT2D eigenvalue weighted by Crippen LogP contribution is 2.23. The lowest BCUT2D eigenvalue weighted by Crippen LogP contribution is -2.17. The van der Waals surface area contributed by atoms with Crippen molar-refractivity contribution < 1.29 is 4.39 Å². The van der Waals surface area contributed by atoms with Crippen LogP contribution in [0, 0.1) is 12.7 Å². The van der Waals surface area contributed by atoms with Gasteiger partial charge in [0.25, 0.3) is 0 Å². The van der Waals surface area contributed by atoms with Gasteiger partial charge in [-0.3, -0.25) is 4.68 Å². The van der Waals surface area contributed by atoms with Gasteiger partial charge in [0.15, 0.2) is 0 Å². The van der Waals surface area contributed by atoms with Gasteiger partial charge < -0.3 is 5.73 Å². The zero-order chi connectivity index (χ0) is 13.3. The summed E-state index contributed by atoms with van der Waals surface area (Å²) >= 11 is 0. The van der Waals surface area contributed by atoms with Crippen molar-refractivity contribution in [3.05, 3.63) is 52.6 Å². The van der Waals surface area contributed by atoms with E-state index in [9.17, 15) is 4.39 Å². The molecule has 0 saturated carbocycles. The predicted octanol–water partition coefficient (Wildman–Crippen LogP) is 2.48. The Morgan fingerprint density at radius 2 is 2.11 bits per heavy atom. The number of nitrogens with zero attached hydrogens (tertiary/aromatic N) is 2. The molecule has 4 heteroatoms. The molecule has 0 saturated heterocycles. The zero-order valence-electron chi connectivity index (χ0n) is 10.9. The molecule has 1 aromatic carbocycles. The minimum absolute atomic E-state index is 0.271. The maximum absolute atomic E-state index is 13.8. The molecule has 0 spiro atoms. The summed E-state index contributed by atoms with van der Waals surface area (Å²) in [4.78, 5) is 0. The number of halogens is 1. The second-order valence-electron chi connectivity index (χ2n) is 4.54. The quantitative estimate of drug-likeness (QED) is 0.905. The standard InChI is InChI=1S/C14H18FN3/c1-4-10-8-13(18(3)17-10)14(16)11-7-9(2)5-6-12(11)15/h5-8,14H,4,16H2,1-3H3. The Morgan fingerprint density at radius 3 is 2.72 bits per heavy atom. The molecule has 1 aromatic heterocycles. The van der Waals surface area contributed by atoms with Crippen LogP contribution in [0.25, 0.3) is 0 Å². The molecule has 0 amide bonds. The summed E-state index contributed by atoms with van der Waals surface area (Å²) in [7, 11) is 1.84. The highest BCUT2D eigenvalue weighted by atomic mass is 19.1. The van der Waals surface area contributed by atoms with Gasteiger partial charge in [-0.15, -0.1) is 0 Å². The third-order valence-electron chi connectivity index (χ3n) is 3.13. The molecule has 0 bridgehead atoms. The summed E-state index contributed by atoms with van der Waals surface area (Å²) < 4.78 is 15.5. The van der Waals surface area contributed by atoms with Crippen molar-refractivity contribution in [1.82, 2.24) is 9.78 Å². The molecule has 0 aliphatic heterocycles. The van der Waals surface area contributed by atoms with Crippen LogP contribution in [0.3, 0.4) is 0 Å². The summed E-state index contributed by atoms with van der Waals surface area (Å²) in [5.74, 6) is -0.271.